The Morgan fingerprint density at radius 1 is 1.03 bits per heavy atom. The van der Waals surface area contributed by atoms with E-state index in [1.54, 1.807) is 13.8 Å². The molecule has 11 nitrogen and oxygen atoms in total. The van der Waals surface area contributed by atoms with Crippen LogP contribution >= 0.6 is 0 Å². The fourth-order valence-electron chi connectivity index (χ4n) is 2.87. The molecule has 0 atom stereocenters. The number of hydrogen-bond acceptors (Lipinski definition) is 7. The van der Waals surface area contributed by atoms with Gasteiger partial charge in [-0.3, -0.25) is 23.5 Å². The Morgan fingerprint density at radius 2 is 1.62 bits per heavy atom. The number of benzene rings is 1. The summed E-state index contributed by atoms with van der Waals surface area (Å²) >= 11 is 0. The molecule has 0 fully saturated rings. The van der Waals surface area contributed by atoms with Crippen molar-refractivity contribution in [2.45, 2.75) is 25.3 Å². The summed E-state index contributed by atoms with van der Waals surface area (Å²) in [5, 5.41) is 2.38. The molecule has 0 aliphatic heterocycles. The number of carbonyl (C=O) groups excluding carboxylic acids is 2. The van der Waals surface area contributed by atoms with Crippen molar-refractivity contribution in [3.63, 3.8) is 0 Å². The first-order valence-corrected chi connectivity index (χ1v) is 11.3. The van der Waals surface area contributed by atoms with Crippen molar-refractivity contribution in [1.29, 1.82) is 0 Å². The molecule has 0 radical (unpaired) electrons. The third-order valence-electron chi connectivity index (χ3n) is 4.86. The third-order valence-corrected chi connectivity index (χ3v) is 6.92. The predicted octanol–water partition coefficient (Wildman–Crippen LogP) is -0.412. The molecule has 0 bridgehead atoms. The van der Waals surface area contributed by atoms with E-state index in [9.17, 15) is 27.6 Å². The summed E-state index contributed by atoms with van der Waals surface area (Å²) in [7, 11) is -0.860. The maximum atomic E-state index is 12.5. The molecule has 0 aliphatic rings. The van der Waals surface area contributed by atoms with E-state index in [4.69, 9.17) is 4.74 Å². The van der Waals surface area contributed by atoms with Crippen LogP contribution in [0, 0.1) is 0 Å². The van der Waals surface area contributed by atoms with E-state index < -0.39 is 39.7 Å². The highest BCUT2D eigenvalue weighted by molar-refractivity contribution is 7.89. The van der Waals surface area contributed by atoms with Gasteiger partial charge in [0.05, 0.1) is 10.6 Å². The zero-order valence-electron chi connectivity index (χ0n) is 18.3. The van der Waals surface area contributed by atoms with Gasteiger partial charge in [0.1, 0.15) is 13.2 Å². The van der Waals surface area contributed by atoms with Gasteiger partial charge in [0.2, 0.25) is 10.0 Å². The Bertz CT molecular complexity index is 1210. The predicted molar refractivity (Wildman–Crippen MR) is 116 cm³/mol. The van der Waals surface area contributed by atoms with E-state index in [-0.39, 0.29) is 22.8 Å². The molecule has 174 valence electrons. The second-order valence-electron chi connectivity index (χ2n) is 6.83. The molecule has 2 rings (SSSR count). The second-order valence-corrected chi connectivity index (χ2v) is 8.77. The number of nitrogens with one attached hydrogen (secondary N) is 1. The standard InChI is InChI=1S/C20H26N4O7S/c1-5-24(6-2)32(29,30)16-9-7-14(8-10-16)19(27)21-12-18(26)31-13-15-11-17(25)23(4)20(28)22(15)3/h7-11H,5-6,12-13H2,1-4H3,(H,21,27). The lowest BCUT2D eigenvalue weighted by Gasteiger charge is -2.18. The van der Waals surface area contributed by atoms with Crippen LogP contribution in [0.15, 0.2) is 44.8 Å². The average molecular weight is 467 g/mol. The first kappa shape index (κ1) is 25.0. The molecular formula is C20H26N4O7S. The maximum absolute atomic E-state index is 12.5. The van der Waals surface area contributed by atoms with Crippen LogP contribution in [0.2, 0.25) is 0 Å². The molecule has 0 saturated heterocycles. The zero-order valence-corrected chi connectivity index (χ0v) is 19.1. The van der Waals surface area contributed by atoms with Crippen molar-refractivity contribution in [3.8, 4) is 0 Å². The first-order valence-electron chi connectivity index (χ1n) is 9.82. The molecule has 2 aromatic rings. The van der Waals surface area contributed by atoms with E-state index in [0.717, 1.165) is 4.57 Å². The molecule has 12 heteroatoms. The monoisotopic (exact) mass is 466 g/mol. The summed E-state index contributed by atoms with van der Waals surface area (Å²) in [6.45, 7) is 3.37. The van der Waals surface area contributed by atoms with Crippen LogP contribution in [0.25, 0.3) is 0 Å². The smallest absolute Gasteiger partial charge is 0.330 e. The van der Waals surface area contributed by atoms with E-state index in [0.29, 0.717) is 13.1 Å². The van der Waals surface area contributed by atoms with Gasteiger partial charge < -0.3 is 10.1 Å². The van der Waals surface area contributed by atoms with Gasteiger partial charge in [-0.2, -0.15) is 4.31 Å². The van der Waals surface area contributed by atoms with Crippen LogP contribution in [0.4, 0.5) is 0 Å². The number of hydrogen-bond donors (Lipinski definition) is 1. The van der Waals surface area contributed by atoms with Crippen molar-refractivity contribution in [1.82, 2.24) is 18.8 Å². The van der Waals surface area contributed by atoms with Gasteiger partial charge >= 0.3 is 11.7 Å². The Labute approximate surface area is 185 Å². The van der Waals surface area contributed by atoms with Crippen LogP contribution in [0.5, 0.6) is 0 Å². The Hall–Kier alpha value is -3.25. The second kappa shape index (κ2) is 10.4. The topological polar surface area (TPSA) is 137 Å². The van der Waals surface area contributed by atoms with E-state index in [2.05, 4.69) is 5.32 Å². The minimum atomic E-state index is -3.64. The number of sulfonamides is 1. The molecule has 0 spiro atoms. The number of esters is 1. The Morgan fingerprint density at radius 3 is 2.19 bits per heavy atom. The summed E-state index contributed by atoms with van der Waals surface area (Å²) in [5.74, 6) is -1.36. The molecule has 1 heterocycles. The average Bonchev–Trinajstić information content (AvgIpc) is 2.78. The zero-order chi connectivity index (χ0) is 24.1. The highest BCUT2D eigenvalue weighted by Gasteiger charge is 2.21. The van der Waals surface area contributed by atoms with Crippen LogP contribution in [-0.2, 0) is 40.3 Å². The summed E-state index contributed by atoms with van der Waals surface area (Å²) in [5.41, 5.74) is -0.699. The van der Waals surface area contributed by atoms with Gasteiger partial charge in [-0.25, -0.2) is 13.2 Å². The van der Waals surface area contributed by atoms with Crippen molar-refractivity contribution in [2.24, 2.45) is 14.1 Å². The largest absolute Gasteiger partial charge is 0.458 e. The summed E-state index contributed by atoms with van der Waals surface area (Å²) in [6.07, 6.45) is 0. The minimum Gasteiger partial charge on any atom is -0.458 e. The number of nitrogens with zero attached hydrogens (tertiary/aromatic N) is 3. The lowest BCUT2D eigenvalue weighted by Crippen LogP contribution is -2.38. The van der Waals surface area contributed by atoms with Gasteiger partial charge in [-0.05, 0) is 24.3 Å². The van der Waals surface area contributed by atoms with E-state index in [1.165, 1.54) is 53.3 Å². The van der Waals surface area contributed by atoms with Gasteiger partial charge in [0.25, 0.3) is 11.5 Å². The van der Waals surface area contributed by atoms with Crippen LogP contribution in [0.1, 0.15) is 29.9 Å². The summed E-state index contributed by atoms with van der Waals surface area (Å²) in [4.78, 5) is 47.8. The molecule has 1 aromatic carbocycles. The Kier molecular flexibility index (Phi) is 8.11. The molecule has 32 heavy (non-hydrogen) atoms. The van der Waals surface area contributed by atoms with Gasteiger partial charge in [-0.15, -0.1) is 0 Å². The third kappa shape index (κ3) is 5.51. The first-order chi connectivity index (χ1) is 15.0. The van der Waals surface area contributed by atoms with Crippen molar-refractivity contribution in [3.05, 3.63) is 62.4 Å². The fourth-order valence-corrected chi connectivity index (χ4v) is 4.33. The fraction of sp³-hybridized carbons (Fsp3) is 0.400. The van der Waals surface area contributed by atoms with Gasteiger partial charge in [0, 0.05) is 38.8 Å². The molecule has 1 amide bonds. The molecule has 0 unspecified atom stereocenters. The highest BCUT2D eigenvalue weighted by atomic mass is 32.2. The summed E-state index contributed by atoms with van der Waals surface area (Å²) in [6, 6.07) is 6.55. The van der Waals surface area contributed by atoms with E-state index >= 15 is 0 Å². The van der Waals surface area contributed by atoms with Gasteiger partial charge in [-0.1, -0.05) is 13.8 Å². The molecule has 0 saturated carbocycles. The normalized spacial score (nSPS) is 11.4. The molecule has 1 aromatic heterocycles. The van der Waals surface area contributed by atoms with Crippen LogP contribution in [0.3, 0.4) is 0 Å². The number of rotatable bonds is 9. The minimum absolute atomic E-state index is 0.0665. The van der Waals surface area contributed by atoms with Crippen molar-refractivity contribution < 1.29 is 22.7 Å². The van der Waals surface area contributed by atoms with Gasteiger partial charge in [0.15, 0.2) is 0 Å². The SMILES string of the molecule is CCN(CC)S(=O)(=O)c1ccc(C(=O)NCC(=O)OCc2cc(=O)n(C)c(=O)n2C)cc1. The number of carbonyl (C=O) groups is 2. The molecule has 1 N–H and O–H groups in total. The lowest BCUT2D eigenvalue weighted by atomic mass is 10.2. The van der Waals surface area contributed by atoms with Crippen molar-refractivity contribution in [2.75, 3.05) is 19.6 Å². The molecule has 0 aliphatic carbocycles. The van der Waals surface area contributed by atoms with Crippen molar-refractivity contribution >= 4 is 21.9 Å². The Balaban J connectivity index is 1.96. The van der Waals surface area contributed by atoms with Crippen LogP contribution < -0.4 is 16.6 Å². The molecular weight excluding hydrogens is 440 g/mol. The van der Waals surface area contributed by atoms with E-state index in [1.807, 2.05) is 0 Å². The highest BCUT2D eigenvalue weighted by Crippen LogP contribution is 2.16. The lowest BCUT2D eigenvalue weighted by molar-refractivity contribution is -0.143. The number of amides is 1. The maximum Gasteiger partial charge on any atom is 0.330 e. The number of aromatic nitrogens is 2. The quantitative estimate of drug-likeness (QED) is 0.496. The summed E-state index contributed by atoms with van der Waals surface area (Å²) < 4.78 is 33.4. The number of ether oxygens (including phenoxy) is 1. The van der Waals surface area contributed by atoms with Crippen LogP contribution in [-0.4, -0.2) is 53.4 Å².